The van der Waals surface area contributed by atoms with Gasteiger partial charge in [0.15, 0.2) is 0 Å². The molecule has 0 bridgehead atoms. The first-order valence-corrected chi connectivity index (χ1v) is 5.30. The molecule has 0 atom stereocenters. The van der Waals surface area contributed by atoms with Crippen molar-refractivity contribution in [3.8, 4) is 0 Å². The molecule has 1 aromatic heterocycles. The van der Waals surface area contributed by atoms with Gasteiger partial charge in [-0.15, -0.1) is 0 Å². The van der Waals surface area contributed by atoms with Crippen molar-refractivity contribution in [2.45, 2.75) is 53.5 Å². The van der Waals surface area contributed by atoms with Crippen LogP contribution in [-0.2, 0) is 6.54 Å². The predicted molar refractivity (Wildman–Crippen MR) is 58.2 cm³/mol. The first kappa shape index (κ1) is 10.4. The summed E-state index contributed by atoms with van der Waals surface area (Å²) in [4.78, 5) is 0. The largest absolute Gasteiger partial charge is 0.349 e. The van der Waals surface area contributed by atoms with E-state index in [-0.39, 0.29) is 0 Å². The summed E-state index contributed by atoms with van der Waals surface area (Å²) in [6.45, 7) is 10.1. The minimum absolute atomic E-state index is 1.19. The average molecular weight is 179 g/mol. The Morgan fingerprint density at radius 1 is 1.15 bits per heavy atom. The summed E-state index contributed by atoms with van der Waals surface area (Å²) in [6.07, 6.45) is 3.96. The Morgan fingerprint density at radius 2 is 1.85 bits per heavy atom. The highest BCUT2D eigenvalue weighted by atomic mass is 15.0. The van der Waals surface area contributed by atoms with Crippen molar-refractivity contribution in [3.63, 3.8) is 0 Å². The number of hydrogen-bond acceptors (Lipinski definition) is 0. The molecule has 1 rings (SSSR count). The van der Waals surface area contributed by atoms with Crippen LogP contribution in [0.4, 0.5) is 0 Å². The van der Waals surface area contributed by atoms with Crippen LogP contribution < -0.4 is 0 Å². The molecule has 0 aromatic carbocycles. The summed E-state index contributed by atoms with van der Waals surface area (Å²) in [7, 11) is 0. The molecule has 0 fully saturated rings. The molecule has 1 aromatic rings. The van der Waals surface area contributed by atoms with Gasteiger partial charge in [-0.25, -0.2) is 0 Å². The molecule has 0 aliphatic rings. The van der Waals surface area contributed by atoms with E-state index in [0.29, 0.717) is 0 Å². The highest BCUT2D eigenvalue weighted by Crippen LogP contribution is 2.14. The van der Waals surface area contributed by atoms with Crippen molar-refractivity contribution in [3.05, 3.63) is 23.0 Å². The second kappa shape index (κ2) is 4.50. The fourth-order valence-corrected chi connectivity index (χ4v) is 1.84. The Hall–Kier alpha value is -0.720. The average Bonchev–Trinajstić information content (AvgIpc) is 2.32. The molecule has 0 unspecified atom stereocenters. The van der Waals surface area contributed by atoms with Gasteiger partial charge in [0.05, 0.1) is 0 Å². The number of aryl methyl sites for hydroxylation is 2. The van der Waals surface area contributed by atoms with Crippen LogP contribution in [0.25, 0.3) is 0 Å². The molecule has 1 heterocycles. The lowest BCUT2D eigenvalue weighted by molar-refractivity contribution is 0.584. The summed E-state index contributed by atoms with van der Waals surface area (Å²) < 4.78 is 2.44. The standard InChI is InChI=1S/C12H21N/c1-5-6-7-8-13-11(3)9-10(2)12(13)4/h9H,5-8H2,1-4H3. The fraction of sp³-hybridized carbons (Fsp3) is 0.667. The van der Waals surface area contributed by atoms with E-state index >= 15 is 0 Å². The smallest absolute Gasteiger partial charge is 0.0224 e. The van der Waals surface area contributed by atoms with Crippen LogP contribution in [0.5, 0.6) is 0 Å². The van der Waals surface area contributed by atoms with Gasteiger partial charge in [0.2, 0.25) is 0 Å². The molecule has 74 valence electrons. The van der Waals surface area contributed by atoms with Crippen LogP contribution in [-0.4, -0.2) is 4.57 Å². The lowest BCUT2D eigenvalue weighted by atomic mass is 10.2. The summed E-state index contributed by atoms with van der Waals surface area (Å²) in [5.41, 5.74) is 4.27. The van der Waals surface area contributed by atoms with Crippen LogP contribution in [0.1, 0.15) is 43.1 Å². The van der Waals surface area contributed by atoms with Crippen LogP contribution in [0.3, 0.4) is 0 Å². The zero-order valence-corrected chi connectivity index (χ0v) is 9.35. The van der Waals surface area contributed by atoms with E-state index in [2.05, 4.69) is 38.3 Å². The quantitative estimate of drug-likeness (QED) is 0.622. The normalized spacial score (nSPS) is 10.8. The van der Waals surface area contributed by atoms with Crippen molar-refractivity contribution in [1.82, 2.24) is 4.57 Å². The van der Waals surface area contributed by atoms with Gasteiger partial charge >= 0.3 is 0 Å². The van der Waals surface area contributed by atoms with E-state index < -0.39 is 0 Å². The van der Waals surface area contributed by atoms with E-state index in [4.69, 9.17) is 0 Å². The van der Waals surface area contributed by atoms with E-state index in [9.17, 15) is 0 Å². The molecule has 0 saturated heterocycles. The molecule has 1 heteroatoms. The highest BCUT2D eigenvalue weighted by molar-refractivity contribution is 5.24. The van der Waals surface area contributed by atoms with E-state index in [1.54, 1.807) is 0 Å². The van der Waals surface area contributed by atoms with E-state index in [1.165, 1.54) is 42.8 Å². The first-order chi connectivity index (χ1) is 6.16. The third-order valence-corrected chi connectivity index (χ3v) is 2.81. The van der Waals surface area contributed by atoms with Crippen molar-refractivity contribution >= 4 is 0 Å². The van der Waals surface area contributed by atoms with Gasteiger partial charge in [-0.3, -0.25) is 0 Å². The maximum Gasteiger partial charge on any atom is 0.0224 e. The summed E-state index contributed by atoms with van der Waals surface area (Å²) in [5, 5.41) is 0. The second-order valence-electron chi connectivity index (χ2n) is 3.91. The zero-order chi connectivity index (χ0) is 9.84. The van der Waals surface area contributed by atoms with Gasteiger partial charge in [0, 0.05) is 17.9 Å². The molecular formula is C12H21N. The highest BCUT2D eigenvalue weighted by Gasteiger charge is 2.03. The summed E-state index contributed by atoms with van der Waals surface area (Å²) in [5.74, 6) is 0. The van der Waals surface area contributed by atoms with Crippen molar-refractivity contribution < 1.29 is 0 Å². The molecule has 0 aliphatic carbocycles. The van der Waals surface area contributed by atoms with Gasteiger partial charge in [-0.1, -0.05) is 19.8 Å². The van der Waals surface area contributed by atoms with Gasteiger partial charge < -0.3 is 4.57 Å². The molecular weight excluding hydrogens is 158 g/mol. The van der Waals surface area contributed by atoms with Crippen LogP contribution in [0.15, 0.2) is 6.07 Å². The maximum atomic E-state index is 2.44. The first-order valence-electron chi connectivity index (χ1n) is 5.30. The number of hydrogen-bond donors (Lipinski definition) is 0. The minimum Gasteiger partial charge on any atom is -0.349 e. The third kappa shape index (κ3) is 2.36. The van der Waals surface area contributed by atoms with Crippen LogP contribution in [0, 0.1) is 20.8 Å². The number of unbranched alkanes of at least 4 members (excludes halogenated alkanes) is 2. The monoisotopic (exact) mass is 179 g/mol. The van der Waals surface area contributed by atoms with Crippen molar-refractivity contribution in [2.24, 2.45) is 0 Å². The number of nitrogens with zero attached hydrogens (tertiary/aromatic N) is 1. The molecule has 0 spiro atoms. The maximum absolute atomic E-state index is 2.44. The van der Waals surface area contributed by atoms with Crippen LogP contribution in [0.2, 0.25) is 0 Å². The van der Waals surface area contributed by atoms with Gasteiger partial charge in [-0.05, 0) is 38.8 Å². The fourth-order valence-electron chi connectivity index (χ4n) is 1.84. The van der Waals surface area contributed by atoms with E-state index in [0.717, 1.165) is 0 Å². The molecule has 1 nitrogen and oxygen atoms in total. The Balaban J connectivity index is 2.64. The SMILES string of the molecule is CCCCCn1c(C)cc(C)c1C. The van der Waals surface area contributed by atoms with E-state index in [1.807, 2.05) is 0 Å². The van der Waals surface area contributed by atoms with Gasteiger partial charge in [0.1, 0.15) is 0 Å². The van der Waals surface area contributed by atoms with Crippen LogP contribution >= 0.6 is 0 Å². The number of rotatable bonds is 4. The predicted octanol–water partition coefficient (Wildman–Crippen LogP) is 3.60. The third-order valence-electron chi connectivity index (χ3n) is 2.81. The molecule has 13 heavy (non-hydrogen) atoms. The Kier molecular flexibility index (Phi) is 3.58. The Labute approximate surface area is 81.8 Å². The summed E-state index contributed by atoms with van der Waals surface area (Å²) >= 11 is 0. The molecule has 0 amide bonds. The Morgan fingerprint density at radius 3 is 2.31 bits per heavy atom. The topological polar surface area (TPSA) is 4.93 Å². The van der Waals surface area contributed by atoms with Crippen molar-refractivity contribution in [2.75, 3.05) is 0 Å². The molecule has 0 saturated carbocycles. The zero-order valence-electron chi connectivity index (χ0n) is 9.35. The molecule has 0 aliphatic heterocycles. The lowest BCUT2D eigenvalue weighted by Gasteiger charge is -2.08. The lowest BCUT2D eigenvalue weighted by Crippen LogP contribution is -2.02. The minimum atomic E-state index is 1.19. The van der Waals surface area contributed by atoms with Gasteiger partial charge in [0.25, 0.3) is 0 Å². The molecule has 0 N–H and O–H groups in total. The van der Waals surface area contributed by atoms with Gasteiger partial charge in [-0.2, -0.15) is 0 Å². The number of aromatic nitrogens is 1. The Bertz CT molecular complexity index is 271. The summed E-state index contributed by atoms with van der Waals surface area (Å²) in [6, 6.07) is 2.28. The molecule has 0 radical (unpaired) electrons. The van der Waals surface area contributed by atoms with Crippen molar-refractivity contribution in [1.29, 1.82) is 0 Å². The second-order valence-corrected chi connectivity index (χ2v) is 3.91.